The maximum atomic E-state index is 12.6. The van der Waals surface area contributed by atoms with E-state index in [0.29, 0.717) is 51.5 Å². The minimum Gasteiger partial charge on any atom is -0.492 e. The van der Waals surface area contributed by atoms with Gasteiger partial charge in [0.1, 0.15) is 5.75 Å². The molecule has 0 fully saturated rings. The molecule has 6 nitrogen and oxygen atoms in total. The second-order valence-corrected chi connectivity index (χ2v) is 8.99. The van der Waals surface area contributed by atoms with E-state index >= 15 is 0 Å². The van der Waals surface area contributed by atoms with Crippen LogP contribution in [0, 0.1) is 5.92 Å². The highest BCUT2D eigenvalue weighted by atomic mass is 35.5. The first-order chi connectivity index (χ1) is 14.9. The number of para-hydroxylation sites is 2. The summed E-state index contributed by atoms with van der Waals surface area (Å²) < 4.78 is 7.56. The predicted octanol–water partition coefficient (Wildman–Crippen LogP) is 6.04. The van der Waals surface area contributed by atoms with E-state index in [9.17, 15) is 4.79 Å². The van der Waals surface area contributed by atoms with E-state index in [2.05, 4.69) is 29.4 Å². The van der Waals surface area contributed by atoms with E-state index < -0.39 is 0 Å². The third kappa shape index (κ3) is 6.15. The Hall–Kier alpha value is -2.22. The maximum absolute atomic E-state index is 12.6. The van der Waals surface area contributed by atoms with Crippen LogP contribution < -0.4 is 10.1 Å². The van der Waals surface area contributed by atoms with Crippen LogP contribution >= 0.6 is 35.0 Å². The van der Waals surface area contributed by atoms with Gasteiger partial charge < -0.3 is 14.6 Å². The lowest BCUT2D eigenvalue weighted by atomic mass is 10.2. The Kier molecular flexibility index (Phi) is 8.23. The van der Waals surface area contributed by atoms with Crippen LogP contribution in [0.5, 0.6) is 5.75 Å². The molecule has 3 rings (SSSR count). The summed E-state index contributed by atoms with van der Waals surface area (Å²) in [6.07, 6.45) is 0. The molecule has 0 saturated carbocycles. The van der Waals surface area contributed by atoms with Crippen molar-refractivity contribution >= 4 is 46.6 Å². The highest BCUT2D eigenvalue weighted by molar-refractivity contribution is 7.99. The molecule has 1 N–H and O–H groups in total. The molecular weight excluding hydrogens is 455 g/mol. The number of anilines is 1. The third-order valence-corrected chi connectivity index (χ3v) is 5.74. The van der Waals surface area contributed by atoms with Gasteiger partial charge in [0.25, 0.3) is 0 Å². The monoisotopic (exact) mass is 478 g/mol. The molecule has 31 heavy (non-hydrogen) atoms. The number of nitrogens with zero attached hydrogens (tertiary/aromatic N) is 3. The average Bonchev–Trinajstić information content (AvgIpc) is 3.10. The molecule has 0 aliphatic rings. The van der Waals surface area contributed by atoms with E-state index in [4.69, 9.17) is 27.9 Å². The van der Waals surface area contributed by atoms with Crippen molar-refractivity contribution in [1.29, 1.82) is 0 Å². The zero-order valence-corrected chi connectivity index (χ0v) is 19.9. The number of carbonyl (C=O) groups excluding carboxylic acids is 1. The van der Waals surface area contributed by atoms with Gasteiger partial charge in [0.15, 0.2) is 11.0 Å². The number of aromatic nitrogens is 3. The van der Waals surface area contributed by atoms with Crippen molar-refractivity contribution in [1.82, 2.24) is 14.8 Å². The molecule has 3 aromatic rings. The van der Waals surface area contributed by atoms with E-state index in [-0.39, 0.29) is 11.7 Å². The first-order valence-electron chi connectivity index (χ1n) is 9.92. The summed E-state index contributed by atoms with van der Waals surface area (Å²) in [6.45, 7) is 7.34. The van der Waals surface area contributed by atoms with Crippen molar-refractivity contribution in [3.63, 3.8) is 0 Å². The highest BCUT2D eigenvalue weighted by Crippen LogP contribution is 2.32. The maximum Gasteiger partial charge on any atom is 0.234 e. The van der Waals surface area contributed by atoms with E-state index in [1.807, 2.05) is 41.8 Å². The largest absolute Gasteiger partial charge is 0.492 e. The highest BCUT2D eigenvalue weighted by Gasteiger charge is 2.19. The fourth-order valence-corrected chi connectivity index (χ4v) is 4.20. The Bertz CT molecular complexity index is 1060. The number of benzene rings is 2. The Morgan fingerprint density at radius 1 is 1.19 bits per heavy atom. The van der Waals surface area contributed by atoms with Crippen LogP contribution in [0.25, 0.3) is 11.4 Å². The first kappa shape index (κ1) is 23.4. The smallest absolute Gasteiger partial charge is 0.234 e. The van der Waals surface area contributed by atoms with Gasteiger partial charge in [-0.25, -0.2) is 0 Å². The van der Waals surface area contributed by atoms with Gasteiger partial charge in [-0.05, 0) is 43.2 Å². The van der Waals surface area contributed by atoms with Gasteiger partial charge in [0, 0.05) is 17.1 Å². The molecular formula is C22H24Cl2N4O2S. The molecule has 2 aromatic carbocycles. The van der Waals surface area contributed by atoms with E-state index in [1.165, 1.54) is 11.8 Å². The Morgan fingerprint density at radius 3 is 2.68 bits per heavy atom. The summed E-state index contributed by atoms with van der Waals surface area (Å²) >= 11 is 13.8. The molecule has 0 aliphatic carbocycles. The van der Waals surface area contributed by atoms with Crippen molar-refractivity contribution in [2.24, 2.45) is 5.92 Å². The topological polar surface area (TPSA) is 69.0 Å². The molecule has 1 amide bonds. The predicted molar refractivity (Wildman–Crippen MR) is 127 cm³/mol. The quantitative estimate of drug-likeness (QED) is 0.379. The van der Waals surface area contributed by atoms with E-state index in [0.717, 1.165) is 5.56 Å². The molecule has 9 heteroatoms. The lowest BCUT2D eigenvalue weighted by molar-refractivity contribution is -0.113. The van der Waals surface area contributed by atoms with Crippen LogP contribution in [0.1, 0.15) is 20.8 Å². The molecule has 0 aliphatic heterocycles. The third-order valence-electron chi connectivity index (χ3n) is 4.23. The number of carbonyl (C=O) groups is 1. The van der Waals surface area contributed by atoms with Crippen molar-refractivity contribution in [2.75, 3.05) is 17.7 Å². The summed E-state index contributed by atoms with van der Waals surface area (Å²) in [7, 11) is 0. The second-order valence-electron chi connectivity index (χ2n) is 7.20. The van der Waals surface area contributed by atoms with Gasteiger partial charge >= 0.3 is 0 Å². The number of hydrogen-bond donors (Lipinski definition) is 1. The molecule has 0 radical (unpaired) electrons. The number of ether oxygens (including phenoxy) is 1. The number of amides is 1. The zero-order chi connectivity index (χ0) is 22.4. The molecule has 0 bridgehead atoms. The SMILES string of the molecule is CCOc1ccccc1NC(=O)CSc1nnc(-c2ccc(Cl)cc2Cl)n1CC(C)C. The molecule has 164 valence electrons. The summed E-state index contributed by atoms with van der Waals surface area (Å²) in [4.78, 5) is 12.6. The minimum atomic E-state index is -0.151. The van der Waals surface area contributed by atoms with Crippen LogP contribution in [-0.2, 0) is 11.3 Å². The van der Waals surface area contributed by atoms with Crippen LogP contribution in [0.2, 0.25) is 10.0 Å². The number of hydrogen-bond acceptors (Lipinski definition) is 5. The van der Waals surface area contributed by atoms with E-state index in [1.54, 1.807) is 12.1 Å². The van der Waals surface area contributed by atoms with Crippen molar-refractivity contribution < 1.29 is 9.53 Å². The summed E-state index contributed by atoms with van der Waals surface area (Å²) in [5.74, 6) is 1.69. The molecule has 0 unspecified atom stereocenters. The van der Waals surface area contributed by atoms with Gasteiger partial charge in [0.2, 0.25) is 5.91 Å². The average molecular weight is 479 g/mol. The van der Waals surface area contributed by atoms with Crippen molar-refractivity contribution in [3.05, 3.63) is 52.5 Å². The molecule has 1 aromatic heterocycles. The van der Waals surface area contributed by atoms with Crippen LogP contribution in [-0.4, -0.2) is 33.0 Å². The Balaban J connectivity index is 1.77. The normalized spacial score (nSPS) is 11.0. The fraction of sp³-hybridized carbons (Fsp3) is 0.318. The van der Waals surface area contributed by atoms with Gasteiger partial charge in [-0.2, -0.15) is 0 Å². The first-order valence-corrected chi connectivity index (χ1v) is 11.7. The Labute approximate surface area is 196 Å². The lowest BCUT2D eigenvalue weighted by Crippen LogP contribution is -2.16. The summed E-state index contributed by atoms with van der Waals surface area (Å²) in [6, 6.07) is 12.6. The van der Waals surface area contributed by atoms with Crippen molar-refractivity contribution in [2.45, 2.75) is 32.5 Å². The lowest BCUT2D eigenvalue weighted by Gasteiger charge is -2.14. The zero-order valence-electron chi connectivity index (χ0n) is 17.6. The molecule has 0 atom stereocenters. The van der Waals surface area contributed by atoms with Crippen LogP contribution in [0.4, 0.5) is 5.69 Å². The second kappa shape index (κ2) is 10.9. The van der Waals surface area contributed by atoms with Gasteiger partial charge in [-0.1, -0.05) is 60.9 Å². The summed E-state index contributed by atoms with van der Waals surface area (Å²) in [5, 5.41) is 13.3. The number of rotatable bonds is 9. The summed E-state index contributed by atoms with van der Waals surface area (Å²) in [5.41, 5.74) is 1.40. The van der Waals surface area contributed by atoms with Crippen LogP contribution in [0.3, 0.4) is 0 Å². The number of thioether (sulfide) groups is 1. The van der Waals surface area contributed by atoms with Gasteiger partial charge in [-0.3, -0.25) is 4.79 Å². The molecule has 1 heterocycles. The standard InChI is InChI=1S/C22H24Cl2N4O2S/c1-4-30-19-8-6-5-7-18(19)25-20(29)13-31-22-27-26-21(28(22)12-14(2)3)16-10-9-15(23)11-17(16)24/h5-11,14H,4,12-13H2,1-3H3,(H,25,29). The fourth-order valence-electron chi connectivity index (χ4n) is 2.96. The van der Waals surface area contributed by atoms with Gasteiger partial charge in [-0.15, -0.1) is 10.2 Å². The molecule has 0 saturated heterocycles. The number of nitrogens with one attached hydrogen (secondary N) is 1. The molecule has 0 spiro atoms. The Morgan fingerprint density at radius 2 is 1.97 bits per heavy atom. The van der Waals surface area contributed by atoms with Crippen molar-refractivity contribution in [3.8, 4) is 17.1 Å². The minimum absolute atomic E-state index is 0.151. The van der Waals surface area contributed by atoms with Gasteiger partial charge in [0.05, 0.1) is 23.1 Å². The number of halogens is 2. The van der Waals surface area contributed by atoms with Crippen LogP contribution in [0.15, 0.2) is 47.6 Å².